The van der Waals surface area contributed by atoms with Crippen LogP contribution in [0.25, 0.3) is 16.6 Å². The summed E-state index contributed by atoms with van der Waals surface area (Å²) in [5.74, 6) is 0. The number of rotatable bonds is 4. The quantitative estimate of drug-likeness (QED) is 0.537. The summed E-state index contributed by atoms with van der Waals surface area (Å²) in [6.07, 6.45) is 0. The third-order valence-corrected chi connectivity index (χ3v) is 3.27. The average molecular weight is 268 g/mol. The van der Waals surface area contributed by atoms with E-state index in [-0.39, 0.29) is 0 Å². The molecule has 0 saturated carbocycles. The lowest BCUT2D eigenvalue weighted by molar-refractivity contribution is -0.282. The van der Waals surface area contributed by atoms with Crippen LogP contribution in [0.1, 0.15) is 11.3 Å². The van der Waals surface area contributed by atoms with Gasteiger partial charge in [-0.3, -0.25) is 0 Å². The Labute approximate surface area is 117 Å². The van der Waals surface area contributed by atoms with Crippen molar-refractivity contribution in [1.29, 1.82) is 0 Å². The van der Waals surface area contributed by atoms with Crippen molar-refractivity contribution in [2.75, 3.05) is 7.11 Å². The molecule has 3 rings (SSSR count). The first kappa shape index (κ1) is 12.8. The molecule has 3 aromatic rings. The van der Waals surface area contributed by atoms with E-state index in [0.29, 0.717) is 6.61 Å². The van der Waals surface area contributed by atoms with Gasteiger partial charge < -0.3 is 0 Å². The zero-order chi connectivity index (χ0) is 13.9. The fourth-order valence-electron chi connectivity index (χ4n) is 2.30. The van der Waals surface area contributed by atoms with Crippen LogP contribution in [-0.4, -0.2) is 16.9 Å². The number of benzene rings is 2. The summed E-state index contributed by atoms with van der Waals surface area (Å²) < 4.78 is 1.96. The number of aryl methyl sites for hydroxylation is 1. The van der Waals surface area contributed by atoms with Crippen LogP contribution < -0.4 is 0 Å². The van der Waals surface area contributed by atoms with Crippen molar-refractivity contribution in [1.82, 2.24) is 9.78 Å². The Hall–Kier alpha value is -2.17. The molecule has 0 unspecified atom stereocenters. The van der Waals surface area contributed by atoms with Crippen LogP contribution >= 0.6 is 0 Å². The fraction of sp³-hybridized carbons (Fsp3) is 0.188. The molecule has 0 radical (unpaired) electrons. The minimum absolute atomic E-state index is 0.433. The molecule has 1 aromatic heterocycles. The normalized spacial score (nSPS) is 11.1. The SMILES string of the molecule is COOCc1ccc2c(c1)c(C)nn2-c1ccccc1. The molecule has 0 fully saturated rings. The van der Waals surface area contributed by atoms with Crippen LogP contribution in [0.5, 0.6) is 0 Å². The van der Waals surface area contributed by atoms with E-state index in [9.17, 15) is 0 Å². The second-order valence-corrected chi connectivity index (χ2v) is 4.61. The number of para-hydroxylation sites is 1. The van der Waals surface area contributed by atoms with Gasteiger partial charge in [0.2, 0.25) is 0 Å². The maximum atomic E-state index is 4.97. The van der Waals surface area contributed by atoms with Gasteiger partial charge in [0.05, 0.1) is 24.0 Å². The number of hydrogen-bond donors (Lipinski definition) is 0. The largest absolute Gasteiger partial charge is 0.240 e. The summed E-state index contributed by atoms with van der Waals surface area (Å²) in [4.78, 5) is 9.61. The second kappa shape index (κ2) is 5.45. The maximum absolute atomic E-state index is 4.97. The van der Waals surface area contributed by atoms with Gasteiger partial charge in [-0.2, -0.15) is 5.10 Å². The van der Waals surface area contributed by atoms with Gasteiger partial charge in [-0.15, -0.1) is 0 Å². The first-order valence-corrected chi connectivity index (χ1v) is 6.49. The average Bonchev–Trinajstić information content (AvgIpc) is 2.83. The summed E-state index contributed by atoms with van der Waals surface area (Å²) in [5.41, 5.74) is 4.22. The first-order chi connectivity index (χ1) is 9.79. The first-order valence-electron chi connectivity index (χ1n) is 6.49. The molecule has 0 aliphatic carbocycles. The van der Waals surface area contributed by atoms with Crippen LogP contribution in [0, 0.1) is 6.92 Å². The molecule has 102 valence electrons. The third kappa shape index (κ3) is 2.31. The third-order valence-electron chi connectivity index (χ3n) is 3.27. The maximum Gasteiger partial charge on any atom is 0.107 e. The number of aromatic nitrogens is 2. The molecule has 4 nitrogen and oxygen atoms in total. The highest BCUT2D eigenvalue weighted by molar-refractivity contribution is 5.84. The van der Waals surface area contributed by atoms with Crippen molar-refractivity contribution in [3.8, 4) is 5.69 Å². The standard InChI is InChI=1S/C16H16N2O2/c1-12-15-10-13(11-20-19-2)8-9-16(15)18(17-12)14-6-4-3-5-7-14/h3-10H,11H2,1-2H3. The molecule has 4 heteroatoms. The molecule has 0 aliphatic rings. The van der Waals surface area contributed by atoms with Crippen molar-refractivity contribution < 1.29 is 9.78 Å². The monoisotopic (exact) mass is 268 g/mol. The van der Waals surface area contributed by atoms with Gasteiger partial charge in [-0.25, -0.2) is 14.5 Å². The minimum atomic E-state index is 0.433. The lowest BCUT2D eigenvalue weighted by Crippen LogP contribution is -1.96. The Balaban J connectivity index is 2.08. The van der Waals surface area contributed by atoms with Gasteiger partial charge in [0.25, 0.3) is 0 Å². The minimum Gasteiger partial charge on any atom is -0.240 e. The summed E-state index contributed by atoms with van der Waals surface area (Å²) in [7, 11) is 1.51. The number of fused-ring (bicyclic) bond motifs is 1. The zero-order valence-electron chi connectivity index (χ0n) is 11.5. The van der Waals surface area contributed by atoms with Crippen molar-refractivity contribution in [3.63, 3.8) is 0 Å². The number of nitrogens with zero attached hydrogens (tertiary/aromatic N) is 2. The highest BCUT2D eigenvalue weighted by Crippen LogP contribution is 2.23. The van der Waals surface area contributed by atoms with E-state index in [1.165, 1.54) is 7.11 Å². The Morgan fingerprint density at radius 1 is 1.10 bits per heavy atom. The van der Waals surface area contributed by atoms with Gasteiger partial charge in [0.1, 0.15) is 6.61 Å². The van der Waals surface area contributed by atoms with E-state index in [1.54, 1.807) is 0 Å². The molecule has 0 atom stereocenters. The van der Waals surface area contributed by atoms with Gasteiger partial charge in [0.15, 0.2) is 0 Å². The fourth-order valence-corrected chi connectivity index (χ4v) is 2.30. The Morgan fingerprint density at radius 2 is 1.90 bits per heavy atom. The van der Waals surface area contributed by atoms with Crippen LogP contribution in [0.3, 0.4) is 0 Å². The summed E-state index contributed by atoms with van der Waals surface area (Å²) in [5, 5.41) is 5.76. The molecule has 0 bridgehead atoms. The molecule has 2 aromatic carbocycles. The zero-order valence-corrected chi connectivity index (χ0v) is 11.5. The smallest absolute Gasteiger partial charge is 0.107 e. The van der Waals surface area contributed by atoms with E-state index in [1.807, 2.05) is 48.0 Å². The van der Waals surface area contributed by atoms with Crippen LogP contribution in [0.4, 0.5) is 0 Å². The van der Waals surface area contributed by atoms with E-state index in [4.69, 9.17) is 4.89 Å². The summed E-state index contributed by atoms with van der Waals surface area (Å²) >= 11 is 0. The van der Waals surface area contributed by atoms with Crippen LogP contribution in [0.2, 0.25) is 0 Å². The van der Waals surface area contributed by atoms with Gasteiger partial charge >= 0.3 is 0 Å². The second-order valence-electron chi connectivity index (χ2n) is 4.61. The van der Waals surface area contributed by atoms with Crippen molar-refractivity contribution in [2.24, 2.45) is 0 Å². The molecule has 20 heavy (non-hydrogen) atoms. The molecule has 0 amide bonds. The summed E-state index contributed by atoms with van der Waals surface area (Å²) in [6, 6.07) is 16.3. The Bertz CT molecular complexity index is 720. The van der Waals surface area contributed by atoms with E-state index < -0.39 is 0 Å². The highest BCUT2D eigenvalue weighted by Gasteiger charge is 2.09. The summed E-state index contributed by atoms with van der Waals surface area (Å²) in [6.45, 7) is 2.45. The van der Waals surface area contributed by atoms with Crippen LogP contribution in [-0.2, 0) is 16.4 Å². The van der Waals surface area contributed by atoms with Crippen molar-refractivity contribution in [2.45, 2.75) is 13.5 Å². The van der Waals surface area contributed by atoms with Gasteiger partial charge in [-0.1, -0.05) is 24.3 Å². The molecular weight excluding hydrogens is 252 g/mol. The van der Waals surface area contributed by atoms with E-state index in [0.717, 1.165) is 27.8 Å². The molecule has 0 spiro atoms. The predicted molar refractivity (Wildman–Crippen MR) is 77.6 cm³/mol. The predicted octanol–water partition coefficient (Wildman–Crippen LogP) is 3.41. The Morgan fingerprint density at radius 3 is 2.65 bits per heavy atom. The molecule has 0 saturated heterocycles. The molecular formula is C16H16N2O2. The van der Waals surface area contributed by atoms with E-state index >= 15 is 0 Å². The number of hydrogen-bond acceptors (Lipinski definition) is 3. The molecule has 1 heterocycles. The van der Waals surface area contributed by atoms with Crippen LogP contribution in [0.15, 0.2) is 48.5 Å². The van der Waals surface area contributed by atoms with Crippen molar-refractivity contribution in [3.05, 3.63) is 59.8 Å². The lowest BCUT2D eigenvalue weighted by atomic mass is 10.1. The molecule has 0 N–H and O–H groups in total. The van der Waals surface area contributed by atoms with E-state index in [2.05, 4.69) is 22.1 Å². The van der Waals surface area contributed by atoms with Crippen molar-refractivity contribution >= 4 is 10.9 Å². The topological polar surface area (TPSA) is 36.3 Å². The Kier molecular flexibility index (Phi) is 3.50. The van der Waals surface area contributed by atoms with Gasteiger partial charge in [0, 0.05) is 5.39 Å². The lowest BCUT2D eigenvalue weighted by Gasteiger charge is -2.04. The van der Waals surface area contributed by atoms with Gasteiger partial charge in [-0.05, 0) is 36.8 Å². The molecule has 0 aliphatic heterocycles. The highest BCUT2D eigenvalue weighted by atomic mass is 17.2.